The third kappa shape index (κ3) is 4.36. The first kappa shape index (κ1) is 12.1. The normalized spacial score (nSPS) is 10.5. The quantitative estimate of drug-likeness (QED) is 0.867. The van der Waals surface area contributed by atoms with Crippen molar-refractivity contribution < 1.29 is 14.6 Å². The molecular weight excluding hydrogens is 283 g/mol. The summed E-state index contributed by atoms with van der Waals surface area (Å²) < 4.78 is 6.11. The van der Waals surface area contributed by atoms with E-state index in [2.05, 4.69) is 15.9 Å². The van der Waals surface area contributed by atoms with Crippen molar-refractivity contribution in [2.75, 3.05) is 6.61 Å². The van der Waals surface area contributed by atoms with Crippen LogP contribution in [0, 0.1) is 0 Å². The standard InChI is InChI=1S/C10H8BrClO3/c11-7-3-4-8(12)9(6-7)15-5-1-2-10(13)14/h1-4,6H,5H2,(H,13,14). The molecule has 80 valence electrons. The second kappa shape index (κ2) is 5.78. The molecule has 1 rings (SSSR count). The molecule has 0 aliphatic rings. The topological polar surface area (TPSA) is 46.5 Å². The van der Waals surface area contributed by atoms with Crippen molar-refractivity contribution in [3.8, 4) is 5.75 Å². The fraction of sp³-hybridized carbons (Fsp3) is 0.100. The molecule has 0 atom stereocenters. The predicted molar refractivity (Wildman–Crippen MR) is 61.4 cm³/mol. The number of rotatable bonds is 4. The van der Waals surface area contributed by atoms with Gasteiger partial charge in [0.25, 0.3) is 0 Å². The lowest BCUT2D eigenvalue weighted by atomic mass is 10.3. The summed E-state index contributed by atoms with van der Waals surface area (Å²) >= 11 is 9.13. The molecule has 0 amide bonds. The highest BCUT2D eigenvalue weighted by atomic mass is 79.9. The third-order valence-corrected chi connectivity index (χ3v) is 2.29. The van der Waals surface area contributed by atoms with Crippen LogP contribution in [0.15, 0.2) is 34.8 Å². The fourth-order valence-corrected chi connectivity index (χ4v) is 1.39. The SMILES string of the molecule is O=C(O)C=CCOc1cc(Br)ccc1Cl. The van der Waals surface area contributed by atoms with E-state index in [1.54, 1.807) is 18.2 Å². The van der Waals surface area contributed by atoms with Crippen molar-refractivity contribution in [1.29, 1.82) is 0 Å². The lowest BCUT2D eigenvalue weighted by molar-refractivity contribution is -0.131. The molecule has 0 radical (unpaired) electrons. The van der Waals surface area contributed by atoms with Crippen LogP contribution in [0.2, 0.25) is 5.02 Å². The van der Waals surface area contributed by atoms with Gasteiger partial charge in [0.1, 0.15) is 12.4 Å². The van der Waals surface area contributed by atoms with E-state index in [1.165, 1.54) is 6.08 Å². The lowest BCUT2D eigenvalue weighted by Crippen LogP contribution is -1.96. The van der Waals surface area contributed by atoms with Crippen molar-refractivity contribution in [2.45, 2.75) is 0 Å². The number of carboxylic acids is 1. The molecule has 0 fully saturated rings. The predicted octanol–water partition coefficient (Wildman–Crippen LogP) is 3.12. The molecule has 0 bridgehead atoms. The number of hydrogen-bond donors (Lipinski definition) is 1. The number of carboxylic acid groups (broad SMARTS) is 1. The second-order valence-electron chi connectivity index (χ2n) is 2.63. The molecule has 1 aromatic carbocycles. The van der Waals surface area contributed by atoms with Gasteiger partial charge in [-0.1, -0.05) is 27.5 Å². The summed E-state index contributed by atoms with van der Waals surface area (Å²) in [6.45, 7) is 0.169. The highest BCUT2D eigenvalue weighted by molar-refractivity contribution is 9.10. The highest BCUT2D eigenvalue weighted by Crippen LogP contribution is 2.27. The van der Waals surface area contributed by atoms with Crippen LogP contribution in [0.4, 0.5) is 0 Å². The van der Waals surface area contributed by atoms with Gasteiger partial charge in [-0.25, -0.2) is 4.79 Å². The van der Waals surface area contributed by atoms with Gasteiger partial charge < -0.3 is 9.84 Å². The van der Waals surface area contributed by atoms with Crippen LogP contribution < -0.4 is 4.74 Å². The summed E-state index contributed by atoms with van der Waals surface area (Å²) in [5, 5.41) is 8.82. The Labute approximate surface area is 100 Å². The average Bonchev–Trinajstić information content (AvgIpc) is 2.17. The van der Waals surface area contributed by atoms with Gasteiger partial charge in [0.15, 0.2) is 0 Å². The fourth-order valence-electron chi connectivity index (χ4n) is 0.875. The Morgan fingerprint density at radius 2 is 2.33 bits per heavy atom. The van der Waals surface area contributed by atoms with E-state index in [-0.39, 0.29) is 6.61 Å². The van der Waals surface area contributed by atoms with Gasteiger partial charge in [-0.2, -0.15) is 0 Å². The molecule has 0 unspecified atom stereocenters. The van der Waals surface area contributed by atoms with Gasteiger partial charge in [-0.05, 0) is 24.3 Å². The Hall–Kier alpha value is -1.000. The van der Waals surface area contributed by atoms with E-state index in [0.717, 1.165) is 10.5 Å². The maximum Gasteiger partial charge on any atom is 0.328 e. The monoisotopic (exact) mass is 290 g/mol. The largest absolute Gasteiger partial charge is 0.488 e. The van der Waals surface area contributed by atoms with E-state index in [0.29, 0.717) is 10.8 Å². The molecule has 1 N–H and O–H groups in total. The summed E-state index contributed by atoms with van der Waals surface area (Å²) in [6.07, 6.45) is 2.42. The van der Waals surface area contributed by atoms with Crippen LogP contribution in [0.5, 0.6) is 5.75 Å². The molecule has 0 aromatic heterocycles. The first-order valence-corrected chi connectivity index (χ1v) is 5.24. The molecule has 0 saturated heterocycles. The van der Waals surface area contributed by atoms with Crippen molar-refractivity contribution >= 4 is 33.5 Å². The molecule has 0 aliphatic carbocycles. The zero-order chi connectivity index (χ0) is 11.3. The molecule has 0 aliphatic heterocycles. The zero-order valence-corrected chi connectivity index (χ0v) is 9.96. The Morgan fingerprint density at radius 3 is 3.00 bits per heavy atom. The average molecular weight is 292 g/mol. The summed E-state index contributed by atoms with van der Waals surface area (Å²) in [5.74, 6) is -0.486. The van der Waals surface area contributed by atoms with Crippen LogP contribution in [0.3, 0.4) is 0 Å². The Kier molecular flexibility index (Phi) is 4.65. The number of halogens is 2. The molecule has 15 heavy (non-hydrogen) atoms. The molecule has 1 aromatic rings. The smallest absolute Gasteiger partial charge is 0.328 e. The summed E-state index contributed by atoms with van der Waals surface area (Å²) in [6, 6.07) is 5.21. The van der Waals surface area contributed by atoms with Crippen molar-refractivity contribution in [3.63, 3.8) is 0 Å². The zero-order valence-electron chi connectivity index (χ0n) is 7.61. The van der Waals surface area contributed by atoms with Crippen LogP contribution in [0.25, 0.3) is 0 Å². The summed E-state index contributed by atoms with van der Waals surface area (Å²) in [7, 11) is 0. The maximum absolute atomic E-state index is 10.2. The van der Waals surface area contributed by atoms with Crippen LogP contribution in [-0.4, -0.2) is 17.7 Å². The van der Waals surface area contributed by atoms with Crippen molar-refractivity contribution in [2.24, 2.45) is 0 Å². The van der Waals surface area contributed by atoms with E-state index in [1.807, 2.05) is 0 Å². The van der Waals surface area contributed by atoms with E-state index in [9.17, 15) is 4.79 Å². The van der Waals surface area contributed by atoms with Crippen LogP contribution in [-0.2, 0) is 4.79 Å². The van der Waals surface area contributed by atoms with Gasteiger partial charge in [0, 0.05) is 10.5 Å². The number of ether oxygens (including phenoxy) is 1. The molecule has 3 nitrogen and oxygen atoms in total. The third-order valence-electron chi connectivity index (χ3n) is 1.49. The number of benzene rings is 1. The number of aliphatic carboxylic acids is 1. The van der Waals surface area contributed by atoms with Gasteiger partial charge in [-0.15, -0.1) is 0 Å². The minimum absolute atomic E-state index is 0.169. The Morgan fingerprint density at radius 1 is 1.60 bits per heavy atom. The first-order valence-electron chi connectivity index (χ1n) is 4.07. The van der Waals surface area contributed by atoms with Gasteiger partial charge in [-0.3, -0.25) is 0 Å². The highest BCUT2D eigenvalue weighted by Gasteiger charge is 2.00. The minimum Gasteiger partial charge on any atom is -0.488 e. The van der Waals surface area contributed by atoms with Gasteiger partial charge in [0.05, 0.1) is 5.02 Å². The number of carbonyl (C=O) groups is 1. The first-order chi connectivity index (χ1) is 7.09. The molecule has 0 saturated carbocycles. The Bertz CT molecular complexity index is 390. The van der Waals surface area contributed by atoms with Gasteiger partial charge in [0.2, 0.25) is 0 Å². The lowest BCUT2D eigenvalue weighted by Gasteiger charge is -2.05. The summed E-state index contributed by atoms with van der Waals surface area (Å²) in [5.41, 5.74) is 0. The molecule has 0 spiro atoms. The molecule has 0 heterocycles. The minimum atomic E-state index is -1.00. The van der Waals surface area contributed by atoms with Crippen LogP contribution >= 0.6 is 27.5 Å². The maximum atomic E-state index is 10.2. The molecular formula is C10H8BrClO3. The Balaban J connectivity index is 2.57. The number of hydrogen-bond acceptors (Lipinski definition) is 2. The van der Waals surface area contributed by atoms with E-state index in [4.69, 9.17) is 21.4 Å². The van der Waals surface area contributed by atoms with Crippen LogP contribution in [0.1, 0.15) is 0 Å². The van der Waals surface area contributed by atoms with Crippen molar-refractivity contribution in [1.82, 2.24) is 0 Å². The van der Waals surface area contributed by atoms with E-state index < -0.39 is 5.97 Å². The van der Waals surface area contributed by atoms with E-state index >= 15 is 0 Å². The van der Waals surface area contributed by atoms with Crippen molar-refractivity contribution in [3.05, 3.63) is 39.8 Å². The van der Waals surface area contributed by atoms with Gasteiger partial charge >= 0.3 is 5.97 Å². The second-order valence-corrected chi connectivity index (χ2v) is 3.95. The molecule has 5 heteroatoms. The summed E-state index contributed by atoms with van der Waals surface area (Å²) in [4.78, 5) is 10.2.